The van der Waals surface area contributed by atoms with E-state index in [0.29, 0.717) is 37.7 Å². The summed E-state index contributed by atoms with van der Waals surface area (Å²) in [7, 11) is 3.48. The molecule has 4 heterocycles. The molecule has 0 aliphatic carbocycles. The SMILES string of the molecule is COc1nn(C)c2nc(C)c(CCC(=O)N3CCC(C(=O)N4CCC(C)CC4)CC3)c(C)c12. The molecule has 2 amide bonds. The van der Waals surface area contributed by atoms with Crippen molar-refractivity contribution in [3.05, 3.63) is 16.8 Å². The molecule has 33 heavy (non-hydrogen) atoms. The van der Waals surface area contributed by atoms with E-state index in [4.69, 9.17) is 9.72 Å². The van der Waals surface area contributed by atoms with Crippen LogP contribution in [0, 0.1) is 25.7 Å². The van der Waals surface area contributed by atoms with E-state index in [9.17, 15) is 9.59 Å². The van der Waals surface area contributed by atoms with Crippen molar-refractivity contribution in [3.8, 4) is 5.88 Å². The summed E-state index contributed by atoms with van der Waals surface area (Å²) >= 11 is 0. The van der Waals surface area contributed by atoms with Crippen LogP contribution in [-0.4, -0.2) is 69.7 Å². The zero-order valence-corrected chi connectivity index (χ0v) is 20.7. The van der Waals surface area contributed by atoms with Gasteiger partial charge in [-0.3, -0.25) is 9.59 Å². The molecule has 2 aliphatic heterocycles. The van der Waals surface area contributed by atoms with Crippen LogP contribution in [0.2, 0.25) is 0 Å². The average molecular weight is 456 g/mol. The number of ether oxygens (including phenoxy) is 1. The Hall–Kier alpha value is -2.64. The van der Waals surface area contributed by atoms with E-state index in [1.165, 1.54) is 0 Å². The smallest absolute Gasteiger partial charge is 0.242 e. The minimum atomic E-state index is 0.0663. The van der Waals surface area contributed by atoms with Gasteiger partial charge in [0.25, 0.3) is 0 Å². The summed E-state index contributed by atoms with van der Waals surface area (Å²) in [6.07, 6.45) is 4.84. The first-order valence-corrected chi connectivity index (χ1v) is 12.2. The molecule has 180 valence electrons. The molecule has 2 saturated heterocycles. The maximum Gasteiger partial charge on any atom is 0.242 e. The summed E-state index contributed by atoms with van der Waals surface area (Å²) in [6, 6.07) is 0. The number of likely N-dealkylation sites (tertiary alicyclic amines) is 2. The van der Waals surface area contributed by atoms with Crippen LogP contribution in [0.5, 0.6) is 5.88 Å². The number of hydrogen-bond donors (Lipinski definition) is 0. The normalized spacial score (nSPS) is 18.2. The highest BCUT2D eigenvalue weighted by Crippen LogP contribution is 2.31. The molecule has 2 fully saturated rings. The summed E-state index contributed by atoms with van der Waals surface area (Å²) in [4.78, 5) is 34.6. The van der Waals surface area contributed by atoms with Crippen molar-refractivity contribution in [2.45, 2.75) is 59.3 Å². The van der Waals surface area contributed by atoms with Crippen LogP contribution in [0.25, 0.3) is 11.0 Å². The number of fused-ring (bicyclic) bond motifs is 1. The van der Waals surface area contributed by atoms with E-state index < -0.39 is 0 Å². The molecule has 0 atom stereocenters. The number of methoxy groups -OCH3 is 1. The number of carbonyl (C=O) groups excluding carboxylic acids is 2. The van der Waals surface area contributed by atoms with E-state index in [-0.39, 0.29) is 11.8 Å². The third-order valence-electron chi connectivity index (χ3n) is 7.60. The van der Waals surface area contributed by atoms with Gasteiger partial charge in [-0.05, 0) is 63.0 Å². The predicted molar refractivity (Wildman–Crippen MR) is 127 cm³/mol. The van der Waals surface area contributed by atoms with Gasteiger partial charge in [-0.1, -0.05) is 6.92 Å². The largest absolute Gasteiger partial charge is 0.479 e. The van der Waals surface area contributed by atoms with Gasteiger partial charge >= 0.3 is 0 Å². The molecule has 2 aromatic heterocycles. The lowest BCUT2D eigenvalue weighted by molar-refractivity contribution is -0.141. The Morgan fingerprint density at radius 2 is 1.67 bits per heavy atom. The topological polar surface area (TPSA) is 80.6 Å². The van der Waals surface area contributed by atoms with Gasteiger partial charge in [-0.15, -0.1) is 5.10 Å². The van der Waals surface area contributed by atoms with Gasteiger partial charge in [0.2, 0.25) is 17.7 Å². The standard InChI is InChI=1S/C25H37N5O3/c1-16-8-12-30(13-9-16)25(32)19-10-14-29(15-11-19)21(31)7-6-20-17(2)22-23(26-18(20)3)28(4)27-24(22)33-5/h16,19H,6-15H2,1-5H3. The number of aromatic nitrogens is 3. The lowest BCUT2D eigenvalue weighted by Crippen LogP contribution is -2.46. The molecule has 0 bridgehead atoms. The van der Waals surface area contributed by atoms with E-state index in [0.717, 1.165) is 72.5 Å². The molecule has 2 aliphatic rings. The predicted octanol–water partition coefficient (Wildman–Crippen LogP) is 3.02. The van der Waals surface area contributed by atoms with Gasteiger partial charge in [0.15, 0.2) is 5.65 Å². The molecule has 0 spiro atoms. The van der Waals surface area contributed by atoms with E-state index in [1.54, 1.807) is 11.8 Å². The molecule has 0 radical (unpaired) electrons. The number of piperidine rings is 2. The molecule has 0 aromatic carbocycles. The molecule has 2 aromatic rings. The van der Waals surface area contributed by atoms with Crippen molar-refractivity contribution < 1.29 is 14.3 Å². The highest BCUT2D eigenvalue weighted by molar-refractivity contribution is 5.86. The number of amides is 2. The first-order valence-electron chi connectivity index (χ1n) is 12.2. The summed E-state index contributed by atoms with van der Waals surface area (Å²) < 4.78 is 7.18. The Labute approximate surface area is 196 Å². The zero-order chi connectivity index (χ0) is 23.7. The molecule has 8 heteroatoms. The summed E-state index contributed by atoms with van der Waals surface area (Å²) in [5.41, 5.74) is 3.90. The number of aryl methyl sites for hydroxylation is 3. The van der Waals surface area contributed by atoms with Crippen LogP contribution in [0.3, 0.4) is 0 Å². The van der Waals surface area contributed by atoms with Crippen LogP contribution in [0.1, 0.15) is 55.8 Å². The van der Waals surface area contributed by atoms with Gasteiger partial charge in [-0.2, -0.15) is 0 Å². The second-order valence-electron chi connectivity index (χ2n) is 9.80. The zero-order valence-electron chi connectivity index (χ0n) is 20.7. The van der Waals surface area contributed by atoms with Gasteiger partial charge in [0.05, 0.1) is 12.5 Å². The number of pyridine rings is 1. The molecule has 0 unspecified atom stereocenters. The lowest BCUT2D eigenvalue weighted by Gasteiger charge is -2.36. The van der Waals surface area contributed by atoms with Gasteiger partial charge < -0.3 is 14.5 Å². The van der Waals surface area contributed by atoms with Gasteiger partial charge in [0, 0.05) is 51.3 Å². The highest BCUT2D eigenvalue weighted by Gasteiger charge is 2.31. The maximum absolute atomic E-state index is 13.0. The van der Waals surface area contributed by atoms with Crippen molar-refractivity contribution in [3.63, 3.8) is 0 Å². The van der Waals surface area contributed by atoms with Crippen LogP contribution in [0.4, 0.5) is 0 Å². The average Bonchev–Trinajstić information content (AvgIpc) is 3.14. The Morgan fingerprint density at radius 3 is 2.30 bits per heavy atom. The lowest BCUT2D eigenvalue weighted by atomic mass is 9.92. The molecule has 4 rings (SSSR count). The van der Waals surface area contributed by atoms with E-state index in [1.807, 2.05) is 23.8 Å². The Morgan fingerprint density at radius 1 is 1.03 bits per heavy atom. The molecule has 0 saturated carbocycles. The van der Waals surface area contributed by atoms with Crippen LogP contribution >= 0.6 is 0 Å². The molecular weight excluding hydrogens is 418 g/mol. The third kappa shape index (κ3) is 4.70. The highest BCUT2D eigenvalue weighted by atomic mass is 16.5. The quantitative estimate of drug-likeness (QED) is 0.692. The number of nitrogens with zero attached hydrogens (tertiary/aromatic N) is 5. The minimum Gasteiger partial charge on any atom is -0.479 e. The Balaban J connectivity index is 1.34. The van der Waals surface area contributed by atoms with Crippen molar-refractivity contribution in [1.29, 1.82) is 0 Å². The Bertz CT molecular complexity index is 1030. The number of hydrogen-bond acceptors (Lipinski definition) is 5. The van der Waals surface area contributed by atoms with Gasteiger partial charge in [-0.25, -0.2) is 9.67 Å². The fraction of sp³-hybridized carbons (Fsp3) is 0.680. The molecule has 8 nitrogen and oxygen atoms in total. The number of carbonyl (C=O) groups is 2. The van der Waals surface area contributed by atoms with Crippen molar-refractivity contribution >= 4 is 22.8 Å². The maximum atomic E-state index is 13.0. The second kappa shape index (κ2) is 9.69. The first kappa shape index (κ1) is 23.5. The summed E-state index contributed by atoms with van der Waals surface area (Å²) in [5, 5.41) is 5.32. The third-order valence-corrected chi connectivity index (χ3v) is 7.60. The second-order valence-corrected chi connectivity index (χ2v) is 9.80. The fourth-order valence-corrected chi connectivity index (χ4v) is 5.36. The van der Waals surface area contributed by atoms with Crippen LogP contribution in [0.15, 0.2) is 0 Å². The van der Waals surface area contributed by atoms with Gasteiger partial charge in [0.1, 0.15) is 0 Å². The monoisotopic (exact) mass is 455 g/mol. The first-order chi connectivity index (χ1) is 15.8. The van der Waals surface area contributed by atoms with Crippen molar-refractivity contribution in [1.82, 2.24) is 24.6 Å². The number of rotatable bonds is 5. The summed E-state index contributed by atoms with van der Waals surface area (Å²) in [5.74, 6) is 1.81. The summed E-state index contributed by atoms with van der Waals surface area (Å²) in [6.45, 7) is 9.42. The molecule has 0 N–H and O–H groups in total. The van der Waals surface area contributed by atoms with E-state index in [2.05, 4.69) is 18.9 Å². The van der Waals surface area contributed by atoms with Crippen LogP contribution < -0.4 is 4.74 Å². The minimum absolute atomic E-state index is 0.0663. The van der Waals surface area contributed by atoms with E-state index >= 15 is 0 Å². The van der Waals surface area contributed by atoms with Crippen molar-refractivity contribution in [2.24, 2.45) is 18.9 Å². The van der Waals surface area contributed by atoms with Crippen molar-refractivity contribution in [2.75, 3.05) is 33.3 Å². The van der Waals surface area contributed by atoms with Crippen LogP contribution in [-0.2, 0) is 23.1 Å². The fourth-order valence-electron chi connectivity index (χ4n) is 5.36. The Kier molecular flexibility index (Phi) is 6.91. The molecular formula is C25H37N5O3.